The van der Waals surface area contributed by atoms with Gasteiger partial charge in [-0.15, -0.1) is 0 Å². The molecule has 1 N–H and O–H groups in total. The van der Waals surface area contributed by atoms with Gasteiger partial charge in [-0.2, -0.15) is 5.10 Å². The second-order valence-electron chi connectivity index (χ2n) is 4.17. The number of nitrogens with zero attached hydrogens (tertiary/aromatic N) is 2. The third kappa shape index (κ3) is 4.49. The van der Waals surface area contributed by atoms with E-state index in [1.165, 1.54) is 0 Å². The first-order chi connectivity index (χ1) is 9.13. The fourth-order valence-corrected chi connectivity index (χ4v) is 1.99. The van der Waals surface area contributed by atoms with Crippen LogP contribution in [-0.2, 0) is 23.1 Å². The molecular formula is C13H25N3O3. The minimum atomic E-state index is -0.210. The van der Waals surface area contributed by atoms with Gasteiger partial charge in [0, 0.05) is 33.4 Å². The fraction of sp³-hybridized carbons (Fsp3) is 0.769. The van der Waals surface area contributed by atoms with Crippen molar-refractivity contribution in [2.45, 2.75) is 33.6 Å². The quantitative estimate of drug-likeness (QED) is 0.685. The predicted octanol–water partition coefficient (Wildman–Crippen LogP) is 1.23. The van der Waals surface area contributed by atoms with Gasteiger partial charge in [-0.3, -0.25) is 0 Å². The van der Waals surface area contributed by atoms with E-state index in [9.17, 15) is 0 Å². The van der Waals surface area contributed by atoms with Crippen LogP contribution in [0.2, 0.25) is 0 Å². The summed E-state index contributed by atoms with van der Waals surface area (Å²) in [5, 5.41) is 7.66. The van der Waals surface area contributed by atoms with E-state index < -0.39 is 0 Å². The topological polar surface area (TPSA) is 57.5 Å². The monoisotopic (exact) mass is 271 g/mol. The summed E-state index contributed by atoms with van der Waals surface area (Å²) in [4.78, 5) is 0. The standard InChI is InChI=1S/C13H25N3O3/c1-6-18-12(19-7-2)9-14-8-11-10(3)15-16(4)13(11)17-5/h12,14H,6-9H2,1-5H3. The van der Waals surface area contributed by atoms with Gasteiger partial charge in [-0.25, -0.2) is 4.68 Å². The highest BCUT2D eigenvalue weighted by Gasteiger charge is 2.14. The van der Waals surface area contributed by atoms with Gasteiger partial charge >= 0.3 is 0 Å². The van der Waals surface area contributed by atoms with Crippen molar-refractivity contribution in [2.75, 3.05) is 26.9 Å². The highest BCUT2D eigenvalue weighted by Crippen LogP contribution is 2.20. The molecule has 0 fully saturated rings. The predicted molar refractivity (Wildman–Crippen MR) is 73.2 cm³/mol. The molecule has 1 rings (SSSR count). The van der Waals surface area contributed by atoms with Crippen molar-refractivity contribution in [2.24, 2.45) is 7.05 Å². The number of ether oxygens (including phenoxy) is 3. The van der Waals surface area contributed by atoms with Crippen LogP contribution < -0.4 is 10.1 Å². The van der Waals surface area contributed by atoms with E-state index in [4.69, 9.17) is 14.2 Å². The Balaban J connectivity index is 2.52. The Morgan fingerprint density at radius 1 is 1.26 bits per heavy atom. The van der Waals surface area contributed by atoms with Crippen LogP contribution in [0.25, 0.3) is 0 Å². The zero-order chi connectivity index (χ0) is 14.3. The summed E-state index contributed by atoms with van der Waals surface area (Å²) in [6, 6.07) is 0. The molecule has 6 nitrogen and oxygen atoms in total. The van der Waals surface area contributed by atoms with Gasteiger partial charge in [0.15, 0.2) is 6.29 Å². The van der Waals surface area contributed by atoms with Crippen LogP contribution in [0.5, 0.6) is 5.88 Å². The van der Waals surface area contributed by atoms with Crippen LogP contribution in [0.15, 0.2) is 0 Å². The molecule has 0 atom stereocenters. The Kier molecular flexibility index (Phi) is 6.83. The van der Waals surface area contributed by atoms with Gasteiger partial charge in [-0.1, -0.05) is 0 Å². The molecule has 0 aliphatic rings. The van der Waals surface area contributed by atoms with E-state index in [1.54, 1.807) is 11.8 Å². The highest BCUT2D eigenvalue weighted by atomic mass is 16.7. The molecule has 0 aromatic carbocycles. The molecular weight excluding hydrogens is 246 g/mol. The lowest BCUT2D eigenvalue weighted by Gasteiger charge is -2.17. The number of methoxy groups -OCH3 is 1. The molecule has 6 heteroatoms. The van der Waals surface area contributed by atoms with E-state index in [0.29, 0.717) is 26.3 Å². The average molecular weight is 271 g/mol. The first-order valence-electron chi connectivity index (χ1n) is 6.64. The molecule has 0 amide bonds. The number of nitrogens with one attached hydrogen (secondary N) is 1. The number of rotatable bonds is 9. The molecule has 19 heavy (non-hydrogen) atoms. The van der Waals surface area contributed by atoms with Crippen LogP contribution >= 0.6 is 0 Å². The van der Waals surface area contributed by atoms with Gasteiger partial charge in [0.25, 0.3) is 0 Å². The van der Waals surface area contributed by atoms with Gasteiger partial charge in [-0.05, 0) is 20.8 Å². The fourth-order valence-electron chi connectivity index (χ4n) is 1.99. The molecule has 1 aromatic heterocycles. The lowest BCUT2D eigenvalue weighted by molar-refractivity contribution is -0.133. The summed E-state index contributed by atoms with van der Waals surface area (Å²) in [6.07, 6.45) is -0.210. The minimum Gasteiger partial charge on any atom is -0.481 e. The first kappa shape index (κ1) is 15.9. The summed E-state index contributed by atoms with van der Waals surface area (Å²) < 4.78 is 18.0. The third-order valence-electron chi connectivity index (χ3n) is 2.80. The van der Waals surface area contributed by atoms with Crippen molar-refractivity contribution in [3.8, 4) is 5.88 Å². The first-order valence-corrected chi connectivity index (χ1v) is 6.64. The summed E-state index contributed by atoms with van der Waals surface area (Å²) in [5.74, 6) is 0.786. The molecule has 0 radical (unpaired) electrons. The van der Waals surface area contributed by atoms with Gasteiger partial charge in [0.2, 0.25) is 5.88 Å². The van der Waals surface area contributed by atoms with Crippen molar-refractivity contribution >= 4 is 0 Å². The number of aryl methyl sites for hydroxylation is 2. The smallest absolute Gasteiger partial charge is 0.216 e. The Bertz CT molecular complexity index is 373. The highest BCUT2D eigenvalue weighted by molar-refractivity contribution is 5.30. The third-order valence-corrected chi connectivity index (χ3v) is 2.80. The van der Waals surface area contributed by atoms with Crippen molar-refractivity contribution < 1.29 is 14.2 Å². The minimum absolute atomic E-state index is 0.210. The van der Waals surface area contributed by atoms with Gasteiger partial charge in [0.05, 0.1) is 18.4 Å². The van der Waals surface area contributed by atoms with Crippen LogP contribution in [-0.4, -0.2) is 42.9 Å². The molecule has 0 aliphatic heterocycles. The number of hydrogen-bond acceptors (Lipinski definition) is 5. The Hall–Kier alpha value is -1.11. The maximum atomic E-state index is 5.48. The molecule has 0 aliphatic carbocycles. The van der Waals surface area contributed by atoms with Gasteiger partial charge < -0.3 is 19.5 Å². The SMILES string of the molecule is CCOC(CNCc1c(C)nn(C)c1OC)OCC. The van der Waals surface area contributed by atoms with Crippen LogP contribution in [0.3, 0.4) is 0 Å². The number of aromatic nitrogens is 2. The Labute approximate surface area is 115 Å². The second-order valence-corrected chi connectivity index (χ2v) is 4.17. The van der Waals surface area contributed by atoms with Crippen molar-refractivity contribution in [1.82, 2.24) is 15.1 Å². The maximum absolute atomic E-state index is 5.48. The van der Waals surface area contributed by atoms with Gasteiger partial charge in [0.1, 0.15) is 0 Å². The molecule has 0 saturated carbocycles. The number of hydrogen-bond donors (Lipinski definition) is 1. The van der Waals surface area contributed by atoms with Crippen molar-refractivity contribution in [3.63, 3.8) is 0 Å². The van der Waals surface area contributed by atoms with E-state index in [0.717, 1.165) is 17.1 Å². The largest absolute Gasteiger partial charge is 0.481 e. The molecule has 0 spiro atoms. The molecule has 1 aromatic rings. The van der Waals surface area contributed by atoms with Crippen LogP contribution in [0, 0.1) is 6.92 Å². The second kappa shape index (κ2) is 8.14. The van der Waals surface area contributed by atoms with E-state index in [1.807, 2.05) is 27.8 Å². The molecule has 0 bridgehead atoms. The summed E-state index contributed by atoms with van der Waals surface area (Å²) in [7, 11) is 3.53. The van der Waals surface area contributed by atoms with Crippen LogP contribution in [0.1, 0.15) is 25.1 Å². The molecule has 0 saturated heterocycles. The average Bonchev–Trinajstić information content (AvgIpc) is 2.64. The normalized spacial score (nSPS) is 11.3. The van der Waals surface area contributed by atoms with E-state index in [-0.39, 0.29) is 6.29 Å². The lowest BCUT2D eigenvalue weighted by Crippen LogP contribution is -2.31. The molecule has 1 heterocycles. The summed E-state index contributed by atoms with van der Waals surface area (Å²) in [6.45, 7) is 8.49. The molecule has 0 unspecified atom stereocenters. The maximum Gasteiger partial charge on any atom is 0.216 e. The van der Waals surface area contributed by atoms with Crippen molar-refractivity contribution in [3.05, 3.63) is 11.3 Å². The zero-order valence-electron chi connectivity index (χ0n) is 12.5. The summed E-state index contributed by atoms with van der Waals surface area (Å²) >= 11 is 0. The van der Waals surface area contributed by atoms with Crippen molar-refractivity contribution in [1.29, 1.82) is 0 Å². The Morgan fingerprint density at radius 3 is 2.42 bits per heavy atom. The lowest BCUT2D eigenvalue weighted by atomic mass is 10.2. The molecule has 110 valence electrons. The van der Waals surface area contributed by atoms with Crippen LogP contribution in [0.4, 0.5) is 0 Å². The summed E-state index contributed by atoms with van der Waals surface area (Å²) in [5.41, 5.74) is 2.04. The Morgan fingerprint density at radius 2 is 1.89 bits per heavy atom. The van der Waals surface area contributed by atoms with E-state index >= 15 is 0 Å². The van der Waals surface area contributed by atoms with E-state index in [2.05, 4.69) is 10.4 Å². The zero-order valence-corrected chi connectivity index (χ0v) is 12.5.